The SMILES string of the molecule is CC1=C(C#N)C(C)(C)C(C#N)=C(C)N1c1ccccc1. The van der Waals surface area contributed by atoms with Crippen LogP contribution in [0.25, 0.3) is 0 Å². The molecule has 3 nitrogen and oxygen atoms in total. The molecule has 1 aliphatic rings. The summed E-state index contributed by atoms with van der Waals surface area (Å²) >= 11 is 0. The first kappa shape index (κ1) is 13.9. The number of nitrogens with zero attached hydrogens (tertiary/aromatic N) is 3. The Morgan fingerprint density at radius 3 is 1.75 bits per heavy atom. The van der Waals surface area contributed by atoms with E-state index in [2.05, 4.69) is 12.1 Å². The predicted octanol–water partition coefficient (Wildman–Crippen LogP) is 4.13. The fraction of sp³-hybridized carbons (Fsp3) is 0.294. The topological polar surface area (TPSA) is 50.8 Å². The molecule has 2 rings (SSSR count). The van der Waals surface area contributed by atoms with E-state index in [1.54, 1.807) is 0 Å². The van der Waals surface area contributed by atoms with E-state index < -0.39 is 5.41 Å². The molecule has 1 aliphatic heterocycles. The molecular weight excluding hydrogens is 246 g/mol. The smallest absolute Gasteiger partial charge is 0.0975 e. The van der Waals surface area contributed by atoms with Gasteiger partial charge in [-0.25, -0.2) is 0 Å². The van der Waals surface area contributed by atoms with Crippen molar-refractivity contribution in [2.75, 3.05) is 4.90 Å². The Labute approximate surface area is 120 Å². The molecule has 1 aromatic rings. The summed E-state index contributed by atoms with van der Waals surface area (Å²) in [5.74, 6) is 0. The number of hydrogen-bond donors (Lipinski definition) is 0. The summed E-state index contributed by atoms with van der Waals surface area (Å²) in [6, 6.07) is 14.4. The highest BCUT2D eigenvalue weighted by Gasteiger charge is 2.38. The monoisotopic (exact) mass is 263 g/mol. The van der Waals surface area contributed by atoms with E-state index in [0.29, 0.717) is 11.1 Å². The minimum atomic E-state index is -0.539. The molecule has 0 radical (unpaired) electrons. The zero-order chi connectivity index (χ0) is 14.9. The molecule has 0 saturated heterocycles. The summed E-state index contributed by atoms with van der Waals surface area (Å²) in [6.07, 6.45) is 0. The van der Waals surface area contributed by atoms with E-state index in [4.69, 9.17) is 0 Å². The molecule has 3 heteroatoms. The van der Waals surface area contributed by atoms with Crippen LogP contribution < -0.4 is 4.90 Å². The van der Waals surface area contributed by atoms with Crippen LogP contribution in [0.4, 0.5) is 5.69 Å². The van der Waals surface area contributed by atoms with Gasteiger partial charge >= 0.3 is 0 Å². The molecule has 0 atom stereocenters. The van der Waals surface area contributed by atoms with Crippen molar-refractivity contribution in [2.24, 2.45) is 5.41 Å². The average molecular weight is 263 g/mol. The molecule has 0 fully saturated rings. The highest BCUT2D eigenvalue weighted by molar-refractivity contribution is 5.66. The number of nitriles is 2. The first-order valence-corrected chi connectivity index (χ1v) is 6.53. The normalized spacial score (nSPS) is 17.8. The van der Waals surface area contributed by atoms with Crippen LogP contribution in [0.3, 0.4) is 0 Å². The van der Waals surface area contributed by atoms with Crippen LogP contribution in [-0.4, -0.2) is 0 Å². The minimum Gasteiger partial charge on any atom is -0.316 e. The van der Waals surface area contributed by atoms with Crippen LogP contribution in [0, 0.1) is 28.1 Å². The number of rotatable bonds is 1. The maximum absolute atomic E-state index is 9.49. The first-order valence-electron chi connectivity index (χ1n) is 6.53. The molecule has 1 heterocycles. The third kappa shape index (κ3) is 1.89. The largest absolute Gasteiger partial charge is 0.316 e. The highest BCUT2D eigenvalue weighted by Crippen LogP contribution is 2.45. The summed E-state index contributed by atoms with van der Waals surface area (Å²) in [6.45, 7) is 7.73. The maximum Gasteiger partial charge on any atom is 0.0975 e. The Morgan fingerprint density at radius 2 is 1.35 bits per heavy atom. The summed E-state index contributed by atoms with van der Waals surface area (Å²) in [4.78, 5) is 1.99. The molecule has 0 spiro atoms. The van der Waals surface area contributed by atoms with Crippen molar-refractivity contribution in [1.82, 2.24) is 0 Å². The van der Waals surface area contributed by atoms with Gasteiger partial charge in [-0.2, -0.15) is 10.5 Å². The van der Waals surface area contributed by atoms with Gasteiger partial charge in [0.15, 0.2) is 0 Å². The molecule has 0 saturated carbocycles. The minimum absolute atomic E-state index is 0.539. The third-order valence-corrected chi connectivity index (χ3v) is 3.88. The van der Waals surface area contributed by atoms with Crippen LogP contribution >= 0.6 is 0 Å². The van der Waals surface area contributed by atoms with E-state index >= 15 is 0 Å². The molecule has 1 aromatic carbocycles. The van der Waals surface area contributed by atoms with Crippen molar-refractivity contribution < 1.29 is 0 Å². The van der Waals surface area contributed by atoms with Crippen LogP contribution in [0.5, 0.6) is 0 Å². The summed E-state index contributed by atoms with van der Waals surface area (Å²) in [5.41, 5.74) is 3.49. The Balaban J connectivity index is 2.73. The van der Waals surface area contributed by atoms with Gasteiger partial charge in [-0.15, -0.1) is 0 Å². The van der Waals surface area contributed by atoms with Gasteiger partial charge in [0, 0.05) is 22.5 Å². The number of anilines is 1. The van der Waals surface area contributed by atoms with Gasteiger partial charge in [-0.3, -0.25) is 0 Å². The van der Waals surface area contributed by atoms with Gasteiger partial charge in [0.05, 0.1) is 23.3 Å². The lowest BCUT2D eigenvalue weighted by Crippen LogP contribution is -2.33. The van der Waals surface area contributed by atoms with Gasteiger partial charge in [0.1, 0.15) is 0 Å². The highest BCUT2D eigenvalue weighted by atomic mass is 15.2. The van der Waals surface area contributed by atoms with Gasteiger partial charge in [0.25, 0.3) is 0 Å². The first-order chi connectivity index (χ1) is 9.45. The third-order valence-electron chi connectivity index (χ3n) is 3.88. The van der Waals surface area contributed by atoms with Gasteiger partial charge in [0.2, 0.25) is 0 Å². The Hall–Kier alpha value is -2.52. The molecular formula is C17H17N3. The second-order valence-electron chi connectivity index (χ2n) is 5.44. The quantitative estimate of drug-likeness (QED) is 0.765. The Kier molecular flexibility index (Phi) is 3.38. The van der Waals surface area contributed by atoms with Crippen molar-refractivity contribution >= 4 is 5.69 Å². The fourth-order valence-corrected chi connectivity index (χ4v) is 2.91. The molecule has 0 aliphatic carbocycles. The Morgan fingerprint density at radius 1 is 0.900 bits per heavy atom. The fourth-order valence-electron chi connectivity index (χ4n) is 2.91. The van der Waals surface area contributed by atoms with Gasteiger partial charge < -0.3 is 4.90 Å². The molecule has 0 N–H and O–H groups in total. The predicted molar refractivity (Wildman–Crippen MR) is 79.3 cm³/mol. The van der Waals surface area contributed by atoms with E-state index in [1.165, 1.54) is 0 Å². The summed E-state index contributed by atoms with van der Waals surface area (Å²) in [5, 5.41) is 19.0. The van der Waals surface area contributed by atoms with Gasteiger partial charge in [-0.05, 0) is 26.0 Å². The van der Waals surface area contributed by atoms with E-state index in [0.717, 1.165) is 17.1 Å². The number of allylic oxidation sites excluding steroid dienone is 4. The number of benzene rings is 1. The van der Waals surface area contributed by atoms with E-state index in [-0.39, 0.29) is 0 Å². The number of para-hydroxylation sites is 1. The zero-order valence-corrected chi connectivity index (χ0v) is 12.2. The maximum atomic E-state index is 9.49. The van der Waals surface area contributed by atoms with Crippen molar-refractivity contribution in [3.8, 4) is 12.1 Å². The summed E-state index contributed by atoms with van der Waals surface area (Å²) < 4.78 is 0. The molecule has 0 aromatic heterocycles. The van der Waals surface area contributed by atoms with Crippen LogP contribution in [0.15, 0.2) is 52.9 Å². The van der Waals surface area contributed by atoms with Gasteiger partial charge in [-0.1, -0.05) is 32.0 Å². The lowest BCUT2D eigenvalue weighted by Gasteiger charge is -2.39. The molecule has 20 heavy (non-hydrogen) atoms. The zero-order valence-electron chi connectivity index (χ0n) is 12.2. The van der Waals surface area contributed by atoms with Crippen molar-refractivity contribution in [3.63, 3.8) is 0 Å². The van der Waals surface area contributed by atoms with Crippen molar-refractivity contribution in [1.29, 1.82) is 10.5 Å². The average Bonchev–Trinajstić information content (AvgIpc) is 2.40. The Bertz CT molecular complexity index is 639. The number of hydrogen-bond acceptors (Lipinski definition) is 3. The lowest BCUT2D eigenvalue weighted by atomic mass is 9.74. The standard InChI is InChI=1S/C17H17N3/c1-12-15(10-18)17(3,4)16(11-19)13(2)20(12)14-8-6-5-7-9-14/h5-9H,1-4H3. The molecule has 100 valence electrons. The second kappa shape index (κ2) is 4.87. The van der Waals surface area contributed by atoms with Crippen molar-refractivity contribution in [2.45, 2.75) is 27.7 Å². The van der Waals surface area contributed by atoms with Crippen LogP contribution in [0.2, 0.25) is 0 Å². The van der Waals surface area contributed by atoms with Crippen molar-refractivity contribution in [3.05, 3.63) is 52.9 Å². The molecule has 0 amide bonds. The summed E-state index contributed by atoms with van der Waals surface area (Å²) in [7, 11) is 0. The lowest BCUT2D eigenvalue weighted by molar-refractivity contribution is 0.543. The van der Waals surface area contributed by atoms with E-state index in [1.807, 2.05) is 62.9 Å². The van der Waals surface area contributed by atoms with Crippen LogP contribution in [0.1, 0.15) is 27.7 Å². The second-order valence-corrected chi connectivity index (χ2v) is 5.44. The molecule has 0 unspecified atom stereocenters. The van der Waals surface area contributed by atoms with E-state index in [9.17, 15) is 10.5 Å². The molecule has 0 bridgehead atoms. The van der Waals surface area contributed by atoms with Crippen LogP contribution in [-0.2, 0) is 0 Å².